The van der Waals surface area contributed by atoms with Gasteiger partial charge in [-0.1, -0.05) is 38.1 Å². The highest BCUT2D eigenvalue weighted by Gasteiger charge is 2.04. The Balaban J connectivity index is 1.77. The predicted molar refractivity (Wildman–Crippen MR) is 92.8 cm³/mol. The molecule has 0 aliphatic heterocycles. The fourth-order valence-electron chi connectivity index (χ4n) is 2.04. The van der Waals surface area contributed by atoms with Crippen molar-refractivity contribution in [2.24, 2.45) is 5.10 Å². The average Bonchev–Trinajstić information content (AvgIpc) is 2.61. The van der Waals surface area contributed by atoms with Gasteiger partial charge in [0, 0.05) is 0 Å². The van der Waals surface area contributed by atoms with Gasteiger partial charge in [0.15, 0.2) is 6.61 Å². The van der Waals surface area contributed by atoms with Gasteiger partial charge in [0.25, 0.3) is 5.91 Å². The van der Waals surface area contributed by atoms with E-state index in [1.165, 1.54) is 23.9 Å². The van der Waals surface area contributed by atoms with Crippen LogP contribution in [0, 0.1) is 5.82 Å². The molecule has 5 heteroatoms. The Morgan fingerprint density at radius 3 is 2.50 bits per heavy atom. The lowest BCUT2D eigenvalue weighted by Gasteiger charge is -2.10. The molecule has 126 valence electrons. The summed E-state index contributed by atoms with van der Waals surface area (Å²) in [6, 6.07) is 13.5. The molecule has 2 aromatic rings. The second kappa shape index (κ2) is 8.82. The number of halogens is 1. The summed E-state index contributed by atoms with van der Waals surface area (Å²) >= 11 is 0. The number of rotatable bonds is 7. The first-order valence-electron chi connectivity index (χ1n) is 7.88. The summed E-state index contributed by atoms with van der Waals surface area (Å²) in [7, 11) is 0. The molecule has 1 unspecified atom stereocenters. The van der Waals surface area contributed by atoms with E-state index in [1.807, 2.05) is 24.3 Å². The van der Waals surface area contributed by atoms with Crippen molar-refractivity contribution in [1.29, 1.82) is 0 Å². The highest BCUT2D eigenvalue weighted by Crippen LogP contribution is 2.21. The number of nitrogens with one attached hydrogen (secondary N) is 1. The lowest BCUT2D eigenvalue weighted by Crippen LogP contribution is -2.24. The Labute approximate surface area is 141 Å². The van der Waals surface area contributed by atoms with Crippen molar-refractivity contribution in [1.82, 2.24) is 5.43 Å². The second-order valence-corrected chi connectivity index (χ2v) is 5.51. The van der Waals surface area contributed by atoms with Crippen LogP contribution in [0.4, 0.5) is 4.39 Å². The standard InChI is InChI=1S/C19H21FN2O2/c1-3-14(2)16-6-10-18(11-7-16)24-13-19(23)22-21-12-15-4-8-17(20)9-5-15/h4-12,14H,3,13H2,1-2H3,(H,22,23)/b21-12+. The van der Waals surface area contributed by atoms with Crippen LogP contribution in [0.3, 0.4) is 0 Å². The monoisotopic (exact) mass is 328 g/mol. The average molecular weight is 328 g/mol. The van der Waals surface area contributed by atoms with Crippen molar-refractivity contribution in [3.8, 4) is 5.75 Å². The van der Waals surface area contributed by atoms with Gasteiger partial charge in [-0.2, -0.15) is 5.10 Å². The number of benzene rings is 2. The molecule has 0 bridgehead atoms. The van der Waals surface area contributed by atoms with Crippen molar-refractivity contribution in [2.45, 2.75) is 26.2 Å². The largest absolute Gasteiger partial charge is 0.484 e. The molecule has 0 fully saturated rings. The summed E-state index contributed by atoms with van der Waals surface area (Å²) in [6.07, 6.45) is 2.52. The van der Waals surface area contributed by atoms with E-state index in [1.54, 1.807) is 12.1 Å². The molecule has 0 spiro atoms. The highest BCUT2D eigenvalue weighted by atomic mass is 19.1. The Morgan fingerprint density at radius 2 is 1.88 bits per heavy atom. The van der Waals surface area contributed by atoms with Gasteiger partial charge < -0.3 is 4.74 Å². The molecule has 0 saturated carbocycles. The molecular weight excluding hydrogens is 307 g/mol. The Kier molecular flexibility index (Phi) is 6.49. The van der Waals surface area contributed by atoms with Gasteiger partial charge in [0.05, 0.1) is 6.21 Å². The molecule has 0 radical (unpaired) electrons. The van der Waals surface area contributed by atoms with Gasteiger partial charge in [0.1, 0.15) is 11.6 Å². The zero-order valence-corrected chi connectivity index (χ0v) is 13.8. The van der Waals surface area contributed by atoms with E-state index in [0.29, 0.717) is 17.2 Å². The Bertz CT molecular complexity index is 682. The van der Waals surface area contributed by atoms with Crippen molar-refractivity contribution in [3.05, 3.63) is 65.5 Å². The molecule has 2 rings (SSSR count). The SMILES string of the molecule is CCC(C)c1ccc(OCC(=O)N/N=C/c2ccc(F)cc2)cc1. The van der Waals surface area contributed by atoms with Crippen molar-refractivity contribution >= 4 is 12.1 Å². The summed E-state index contributed by atoms with van der Waals surface area (Å²) in [5, 5.41) is 3.80. The topological polar surface area (TPSA) is 50.7 Å². The van der Waals surface area contributed by atoms with Gasteiger partial charge >= 0.3 is 0 Å². The smallest absolute Gasteiger partial charge is 0.277 e. The number of ether oxygens (including phenoxy) is 1. The lowest BCUT2D eigenvalue weighted by atomic mass is 9.99. The Hall–Kier alpha value is -2.69. The van der Waals surface area contributed by atoms with Crippen LogP contribution in [0.1, 0.15) is 37.3 Å². The highest BCUT2D eigenvalue weighted by molar-refractivity contribution is 5.82. The first-order chi connectivity index (χ1) is 11.6. The van der Waals surface area contributed by atoms with E-state index in [2.05, 4.69) is 24.4 Å². The van der Waals surface area contributed by atoms with Crippen LogP contribution < -0.4 is 10.2 Å². The van der Waals surface area contributed by atoms with Crippen molar-refractivity contribution in [2.75, 3.05) is 6.61 Å². The van der Waals surface area contributed by atoms with Crippen LogP contribution in [0.2, 0.25) is 0 Å². The number of carbonyl (C=O) groups excluding carboxylic acids is 1. The molecule has 4 nitrogen and oxygen atoms in total. The molecular formula is C19H21FN2O2. The molecule has 0 saturated heterocycles. The first kappa shape index (κ1) is 17.7. The van der Waals surface area contributed by atoms with Gasteiger partial charge in [-0.05, 0) is 47.7 Å². The minimum atomic E-state index is -0.362. The number of hydrazone groups is 1. The zero-order valence-electron chi connectivity index (χ0n) is 13.8. The van der Waals surface area contributed by atoms with E-state index in [4.69, 9.17) is 4.74 Å². The maximum Gasteiger partial charge on any atom is 0.277 e. The van der Waals surface area contributed by atoms with Crippen LogP contribution in [0.5, 0.6) is 5.75 Å². The summed E-state index contributed by atoms with van der Waals surface area (Å²) in [6.45, 7) is 4.19. The maximum atomic E-state index is 12.8. The van der Waals surface area contributed by atoms with Gasteiger partial charge in [0.2, 0.25) is 0 Å². The molecule has 1 N–H and O–H groups in total. The van der Waals surface area contributed by atoms with Gasteiger partial charge in [-0.3, -0.25) is 4.79 Å². The van der Waals surface area contributed by atoms with Crippen LogP contribution in [0.15, 0.2) is 53.6 Å². The molecule has 0 aromatic heterocycles. The van der Waals surface area contributed by atoms with Crippen molar-refractivity contribution < 1.29 is 13.9 Å². The quantitative estimate of drug-likeness (QED) is 0.619. The maximum absolute atomic E-state index is 12.8. The zero-order chi connectivity index (χ0) is 17.4. The van der Waals surface area contributed by atoms with E-state index < -0.39 is 0 Å². The number of hydrogen-bond donors (Lipinski definition) is 1. The van der Waals surface area contributed by atoms with Crippen LogP contribution in [0.25, 0.3) is 0 Å². The molecule has 2 aromatic carbocycles. The van der Waals surface area contributed by atoms with Gasteiger partial charge in [-0.25, -0.2) is 9.82 Å². The summed E-state index contributed by atoms with van der Waals surface area (Å²) in [5.41, 5.74) is 4.31. The van der Waals surface area contributed by atoms with Crippen LogP contribution in [-0.4, -0.2) is 18.7 Å². The normalized spacial score (nSPS) is 12.1. The van der Waals surface area contributed by atoms with E-state index in [9.17, 15) is 9.18 Å². The third-order valence-electron chi connectivity index (χ3n) is 3.70. The van der Waals surface area contributed by atoms with Gasteiger partial charge in [-0.15, -0.1) is 0 Å². The summed E-state index contributed by atoms with van der Waals surface area (Å²) in [4.78, 5) is 11.7. The molecule has 0 heterocycles. The second-order valence-electron chi connectivity index (χ2n) is 5.51. The lowest BCUT2D eigenvalue weighted by molar-refractivity contribution is -0.123. The number of nitrogens with zero attached hydrogens (tertiary/aromatic N) is 1. The van der Waals surface area contributed by atoms with E-state index in [0.717, 1.165) is 6.42 Å². The minimum absolute atomic E-state index is 0.122. The third kappa shape index (κ3) is 5.50. The summed E-state index contributed by atoms with van der Waals surface area (Å²) in [5.74, 6) is 0.464. The molecule has 1 atom stereocenters. The van der Waals surface area contributed by atoms with E-state index in [-0.39, 0.29) is 18.3 Å². The fraction of sp³-hybridized carbons (Fsp3) is 0.263. The fourth-order valence-corrected chi connectivity index (χ4v) is 2.04. The molecule has 0 aliphatic rings. The number of carbonyl (C=O) groups is 1. The molecule has 24 heavy (non-hydrogen) atoms. The van der Waals surface area contributed by atoms with Crippen LogP contribution >= 0.6 is 0 Å². The van der Waals surface area contributed by atoms with E-state index >= 15 is 0 Å². The number of hydrogen-bond acceptors (Lipinski definition) is 3. The third-order valence-corrected chi connectivity index (χ3v) is 3.70. The molecule has 1 amide bonds. The minimum Gasteiger partial charge on any atom is -0.484 e. The predicted octanol–water partition coefficient (Wildman–Crippen LogP) is 3.87. The van der Waals surface area contributed by atoms with Crippen molar-refractivity contribution in [3.63, 3.8) is 0 Å². The summed E-state index contributed by atoms with van der Waals surface area (Å²) < 4.78 is 18.2. The first-order valence-corrected chi connectivity index (χ1v) is 7.88. The number of amides is 1. The molecule has 0 aliphatic carbocycles. The Morgan fingerprint density at radius 1 is 1.21 bits per heavy atom. The van der Waals surface area contributed by atoms with Crippen LogP contribution in [-0.2, 0) is 4.79 Å².